The molecule has 2 aromatic carbocycles. The summed E-state index contributed by atoms with van der Waals surface area (Å²) in [5.41, 5.74) is 4.90. The van der Waals surface area contributed by atoms with Crippen LogP contribution in [0.2, 0.25) is 0 Å². The molecule has 0 aliphatic carbocycles. The fourth-order valence-electron chi connectivity index (χ4n) is 2.35. The van der Waals surface area contributed by atoms with E-state index >= 15 is 0 Å². The number of benzene rings is 2. The van der Waals surface area contributed by atoms with E-state index in [2.05, 4.69) is 34.2 Å². The Balaban J connectivity index is -0.000000225. The maximum absolute atomic E-state index is 8.89. The van der Waals surface area contributed by atoms with Crippen molar-refractivity contribution in [1.82, 2.24) is 9.97 Å². The Bertz CT molecular complexity index is 1020. The van der Waals surface area contributed by atoms with E-state index in [-0.39, 0.29) is 34.1 Å². The Morgan fingerprint density at radius 1 is 0.405 bits per heavy atom. The largest absolute Gasteiger partial charge is 2.00 e. The summed E-state index contributed by atoms with van der Waals surface area (Å²) in [5.74, 6) is -4.33. The van der Waals surface area contributed by atoms with Crippen LogP contribution in [0, 0.1) is 0 Å². The van der Waals surface area contributed by atoms with E-state index in [9.17, 15) is 0 Å². The van der Waals surface area contributed by atoms with Crippen molar-refractivity contribution in [3.63, 3.8) is 0 Å². The van der Waals surface area contributed by atoms with Crippen LogP contribution < -0.4 is 20.4 Å². The van der Waals surface area contributed by atoms with Gasteiger partial charge in [-0.15, -0.1) is 0 Å². The van der Waals surface area contributed by atoms with E-state index in [4.69, 9.17) is 39.6 Å². The molecule has 0 spiro atoms. The van der Waals surface area contributed by atoms with Gasteiger partial charge in [-0.1, -0.05) is 60.7 Å². The Morgan fingerprint density at radius 2 is 0.571 bits per heavy atom. The molecule has 2 radical (unpaired) electrons. The molecule has 0 saturated carbocycles. The molecule has 0 bridgehead atoms. The van der Waals surface area contributed by atoms with Crippen LogP contribution in [0.3, 0.4) is 0 Å². The molecule has 0 saturated heterocycles. The molecule has 4 rings (SSSR count). The molecular formula is C30H30Cu2N2O8. The number of carboxylic acid groups (broad SMARTS) is 4. The summed E-state index contributed by atoms with van der Waals surface area (Å²) in [6.45, 7) is 3.89. The minimum Gasteiger partial charge on any atom is -0.550 e. The molecule has 0 aliphatic heterocycles. The van der Waals surface area contributed by atoms with Gasteiger partial charge in [0.05, 0.1) is 0 Å². The van der Waals surface area contributed by atoms with Crippen LogP contribution >= 0.6 is 0 Å². The summed E-state index contributed by atoms with van der Waals surface area (Å²) >= 11 is 0. The third kappa shape index (κ3) is 33.7. The second-order valence-electron chi connectivity index (χ2n) is 7.17. The SMILES string of the molecule is CC(=O)[O-].CC(=O)[O-].CC(=O)[O-].CC(=O)[O-].[Cu+2].[Cu+2].c1ccc(-c2ccncc2)cc1.c1ccc(-c2ccncc2)cc1. The molecule has 2 aromatic heterocycles. The molecule has 0 fully saturated rings. The normalized spacial score (nSPS) is 7.90. The Hall–Kier alpha value is -4.34. The van der Waals surface area contributed by atoms with Gasteiger partial charge in [0.25, 0.3) is 0 Å². The summed E-state index contributed by atoms with van der Waals surface area (Å²) in [7, 11) is 0. The summed E-state index contributed by atoms with van der Waals surface area (Å²) in [5, 5.41) is 35.6. The molecule has 0 aliphatic rings. The summed E-state index contributed by atoms with van der Waals surface area (Å²) in [6, 6.07) is 28.6. The van der Waals surface area contributed by atoms with Crippen molar-refractivity contribution in [3.05, 3.63) is 110 Å². The zero-order valence-electron chi connectivity index (χ0n) is 23.2. The number of rotatable bonds is 2. The summed E-state index contributed by atoms with van der Waals surface area (Å²) in [6.07, 6.45) is 7.23. The van der Waals surface area contributed by atoms with Gasteiger partial charge >= 0.3 is 34.1 Å². The third-order valence-corrected chi connectivity index (χ3v) is 3.57. The number of hydrogen-bond acceptors (Lipinski definition) is 10. The standard InChI is InChI=1S/2C11H9N.4C2H4O2.2Cu/c2*1-2-4-10(5-3-1)11-6-8-12-9-7-11;4*1-2(3)4;;/h2*1-9H;4*1H3,(H,3,4);;/q;;;;;;2*+2/p-4. The first kappa shape index (κ1) is 44.7. The van der Waals surface area contributed by atoms with E-state index in [0.29, 0.717) is 0 Å². The fourth-order valence-corrected chi connectivity index (χ4v) is 2.35. The molecule has 12 heteroatoms. The first-order valence-electron chi connectivity index (χ1n) is 11.5. The van der Waals surface area contributed by atoms with Crippen molar-refractivity contribution in [1.29, 1.82) is 0 Å². The van der Waals surface area contributed by atoms with Gasteiger partial charge in [0.2, 0.25) is 0 Å². The van der Waals surface area contributed by atoms with Gasteiger partial charge in [0.1, 0.15) is 0 Å². The van der Waals surface area contributed by atoms with E-state index in [1.165, 1.54) is 22.3 Å². The van der Waals surface area contributed by atoms with E-state index in [1.807, 2.05) is 85.5 Å². The number of aliphatic carboxylic acids is 4. The van der Waals surface area contributed by atoms with Crippen LogP contribution in [0.4, 0.5) is 0 Å². The molecule has 0 atom stereocenters. The molecular weight excluding hydrogens is 643 g/mol. The van der Waals surface area contributed by atoms with Gasteiger partial charge in [0, 0.05) is 48.7 Å². The minimum absolute atomic E-state index is 0. The van der Waals surface area contributed by atoms with Gasteiger partial charge < -0.3 is 39.6 Å². The summed E-state index contributed by atoms with van der Waals surface area (Å²) < 4.78 is 0. The maximum atomic E-state index is 8.89. The number of aromatic nitrogens is 2. The fraction of sp³-hybridized carbons (Fsp3) is 0.133. The van der Waals surface area contributed by atoms with Crippen LogP contribution in [-0.2, 0) is 53.3 Å². The molecule has 2 heterocycles. The number of nitrogens with zero attached hydrogens (tertiary/aromatic N) is 2. The van der Waals surface area contributed by atoms with Crippen molar-refractivity contribution < 1.29 is 73.7 Å². The quantitative estimate of drug-likeness (QED) is 0.272. The van der Waals surface area contributed by atoms with Crippen LogP contribution in [-0.4, -0.2) is 33.8 Å². The molecule has 42 heavy (non-hydrogen) atoms. The van der Waals surface area contributed by atoms with Gasteiger partial charge in [-0.2, -0.15) is 0 Å². The zero-order chi connectivity index (χ0) is 30.8. The van der Waals surface area contributed by atoms with Crippen LogP contribution in [0.1, 0.15) is 27.7 Å². The molecule has 0 N–H and O–H groups in total. The van der Waals surface area contributed by atoms with Gasteiger partial charge in [-0.25, -0.2) is 0 Å². The van der Waals surface area contributed by atoms with Gasteiger partial charge in [-0.3, -0.25) is 9.97 Å². The number of hydrogen-bond donors (Lipinski definition) is 0. The predicted molar refractivity (Wildman–Crippen MR) is 142 cm³/mol. The van der Waals surface area contributed by atoms with E-state index in [0.717, 1.165) is 27.7 Å². The van der Waals surface area contributed by atoms with Crippen molar-refractivity contribution >= 4 is 23.9 Å². The topological polar surface area (TPSA) is 186 Å². The molecule has 0 amide bonds. The van der Waals surface area contributed by atoms with Crippen molar-refractivity contribution in [2.45, 2.75) is 27.7 Å². The van der Waals surface area contributed by atoms with E-state index < -0.39 is 23.9 Å². The van der Waals surface area contributed by atoms with Crippen molar-refractivity contribution in [3.8, 4) is 22.3 Å². The van der Waals surface area contributed by atoms with Gasteiger partial charge in [0.15, 0.2) is 0 Å². The molecule has 0 unspecified atom stereocenters. The van der Waals surface area contributed by atoms with Gasteiger partial charge in [-0.05, 0) is 74.2 Å². The third-order valence-electron chi connectivity index (χ3n) is 3.57. The second-order valence-corrected chi connectivity index (χ2v) is 7.17. The number of carboxylic acids is 4. The molecule has 4 aromatic rings. The average Bonchev–Trinajstić information content (AvgIpc) is 2.90. The smallest absolute Gasteiger partial charge is 0.550 e. The number of carbonyl (C=O) groups excluding carboxylic acids is 4. The molecule has 10 nitrogen and oxygen atoms in total. The summed E-state index contributed by atoms with van der Waals surface area (Å²) in [4.78, 5) is 43.5. The zero-order valence-corrected chi connectivity index (χ0v) is 25.0. The molecule has 230 valence electrons. The van der Waals surface area contributed by atoms with Crippen LogP contribution in [0.5, 0.6) is 0 Å². The first-order valence-corrected chi connectivity index (χ1v) is 11.5. The predicted octanol–water partition coefficient (Wildman–Crippen LogP) is 0.517. The Kier molecular flexibility index (Phi) is 31.5. The minimum atomic E-state index is -1.08. The van der Waals surface area contributed by atoms with E-state index in [1.54, 1.807) is 0 Å². The maximum Gasteiger partial charge on any atom is 2.00 e. The van der Waals surface area contributed by atoms with Crippen LogP contribution in [0.15, 0.2) is 110 Å². The Morgan fingerprint density at radius 3 is 0.762 bits per heavy atom. The number of carbonyl (C=O) groups is 4. The monoisotopic (exact) mass is 672 g/mol. The van der Waals surface area contributed by atoms with Crippen molar-refractivity contribution in [2.75, 3.05) is 0 Å². The van der Waals surface area contributed by atoms with Crippen LogP contribution in [0.25, 0.3) is 22.3 Å². The van der Waals surface area contributed by atoms with Crippen molar-refractivity contribution in [2.24, 2.45) is 0 Å². The average molecular weight is 674 g/mol. The number of pyridine rings is 2. The second kappa shape index (κ2) is 29.6. The first-order chi connectivity index (χ1) is 18.9. The Labute approximate surface area is 266 Å².